The minimum atomic E-state index is 0.0606. The van der Waals surface area contributed by atoms with Crippen molar-refractivity contribution >= 4 is 17.3 Å². The third-order valence-electron chi connectivity index (χ3n) is 3.89. The molecule has 21 heavy (non-hydrogen) atoms. The van der Waals surface area contributed by atoms with E-state index in [1.54, 1.807) is 0 Å². The van der Waals surface area contributed by atoms with Gasteiger partial charge in [0.1, 0.15) is 0 Å². The number of hydrogen-bond acceptors (Lipinski definition) is 3. The van der Waals surface area contributed by atoms with E-state index >= 15 is 0 Å². The minimum Gasteiger partial charge on any atom is -0.399 e. The lowest BCUT2D eigenvalue weighted by molar-refractivity contribution is -0.116. The highest BCUT2D eigenvalue weighted by Gasteiger charge is 2.10. The normalized spacial score (nSPS) is 12.4. The fraction of sp³-hybridized carbons (Fsp3) is 0.588. The number of carbonyl (C=O) groups excluding carboxylic acids is 1. The molecule has 1 rings (SSSR count). The van der Waals surface area contributed by atoms with Crippen LogP contribution < -0.4 is 11.1 Å². The van der Waals surface area contributed by atoms with Gasteiger partial charge >= 0.3 is 0 Å². The third-order valence-corrected chi connectivity index (χ3v) is 3.89. The van der Waals surface area contributed by atoms with Gasteiger partial charge in [-0.1, -0.05) is 27.2 Å². The summed E-state index contributed by atoms with van der Waals surface area (Å²) in [6, 6.07) is 5.54. The van der Waals surface area contributed by atoms with Crippen LogP contribution in [-0.4, -0.2) is 30.4 Å². The number of nitrogens with two attached hydrogens (primary N) is 1. The Hall–Kier alpha value is -1.55. The fourth-order valence-electron chi connectivity index (χ4n) is 2.25. The van der Waals surface area contributed by atoms with Crippen LogP contribution in [0.1, 0.15) is 39.2 Å². The molecule has 0 heterocycles. The van der Waals surface area contributed by atoms with Crippen molar-refractivity contribution in [1.29, 1.82) is 0 Å². The Bertz CT molecular complexity index is 459. The summed E-state index contributed by atoms with van der Waals surface area (Å²) in [5, 5.41) is 2.96. The molecule has 4 heteroatoms. The van der Waals surface area contributed by atoms with E-state index in [0.29, 0.717) is 12.3 Å². The molecular weight excluding hydrogens is 262 g/mol. The molecule has 0 saturated heterocycles. The van der Waals surface area contributed by atoms with Gasteiger partial charge in [-0.3, -0.25) is 4.79 Å². The zero-order chi connectivity index (χ0) is 15.8. The van der Waals surface area contributed by atoms with Gasteiger partial charge in [0.2, 0.25) is 5.91 Å². The van der Waals surface area contributed by atoms with Crippen LogP contribution in [0.2, 0.25) is 0 Å². The van der Waals surface area contributed by atoms with E-state index < -0.39 is 0 Å². The number of hydrogen-bond donors (Lipinski definition) is 2. The van der Waals surface area contributed by atoms with Crippen LogP contribution in [0.15, 0.2) is 18.2 Å². The van der Waals surface area contributed by atoms with Crippen LogP contribution in [0.4, 0.5) is 11.4 Å². The lowest BCUT2D eigenvalue weighted by Crippen LogP contribution is -2.31. The third kappa shape index (κ3) is 6.17. The summed E-state index contributed by atoms with van der Waals surface area (Å²) in [6.07, 6.45) is 1.70. The van der Waals surface area contributed by atoms with Crippen molar-refractivity contribution in [2.45, 2.75) is 40.5 Å². The first-order valence-electron chi connectivity index (χ1n) is 7.84. The van der Waals surface area contributed by atoms with Crippen LogP contribution >= 0.6 is 0 Å². The Morgan fingerprint density at radius 2 is 2.10 bits per heavy atom. The summed E-state index contributed by atoms with van der Waals surface area (Å²) < 4.78 is 0. The van der Waals surface area contributed by atoms with Gasteiger partial charge in [0, 0.05) is 30.9 Å². The largest absolute Gasteiger partial charge is 0.399 e. The van der Waals surface area contributed by atoms with Gasteiger partial charge in [0.15, 0.2) is 0 Å². The van der Waals surface area contributed by atoms with Gasteiger partial charge < -0.3 is 16.0 Å². The topological polar surface area (TPSA) is 58.4 Å². The minimum absolute atomic E-state index is 0.0606. The maximum absolute atomic E-state index is 12.1. The van der Waals surface area contributed by atoms with Gasteiger partial charge in [0.05, 0.1) is 0 Å². The van der Waals surface area contributed by atoms with Gasteiger partial charge in [-0.15, -0.1) is 0 Å². The summed E-state index contributed by atoms with van der Waals surface area (Å²) in [6.45, 7) is 11.4. The molecule has 0 spiro atoms. The number of rotatable bonds is 8. The first-order valence-corrected chi connectivity index (χ1v) is 7.84. The second-order valence-corrected chi connectivity index (χ2v) is 5.78. The van der Waals surface area contributed by atoms with E-state index in [2.05, 4.69) is 31.0 Å². The predicted molar refractivity (Wildman–Crippen MR) is 90.4 cm³/mol. The molecule has 0 radical (unpaired) electrons. The summed E-state index contributed by atoms with van der Waals surface area (Å²) in [4.78, 5) is 14.4. The van der Waals surface area contributed by atoms with Gasteiger partial charge in [-0.25, -0.2) is 0 Å². The molecule has 3 N–H and O–H groups in total. The van der Waals surface area contributed by atoms with Crippen LogP contribution in [0.5, 0.6) is 0 Å². The standard InChI is InChI=1S/C17H29N3O/c1-5-13(3)12-20(6-2)10-9-17(21)19-16-8-7-15(18)11-14(16)4/h7-8,11,13H,5-6,9-10,12,18H2,1-4H3,(H,19,21). The Morgan fingerprint density at radius 1 is 1.38 bits per heavy atom. The second-order valence-electron chi connectivity index (χ2n) is 5.78. The highest BCUT2D eigenvalue weighted by atomic mass is 16.1. The maximum Gasteiger partial charge on any atom is 0.225 e. The molecule has 0 saturated carbocycles. The molecule has 1 aromatic rings. The second kappa shape index (κ2) is 8.67. The molecule has 1 atom stereocenters. The van der Waals surface area contributed by atoms with Crippen molar-refractivity contribution in [1.82, 2.24) is 4.90 Å². The lowest BCUT2D eigenvalue weighted by atomic mass is 10.1. The molecule has 0 fully saturated rings. The lowest BCUT2D eigenvalue weighted by Gasteiger charge is -2.23. The number of nitrogens with zero attached hydrogens (tertiary/aromatic N) is 1. The SMILES string of the molecule is CCC(C)CN(CC)CCC(=O)Nc1ccc(N)cc1C. The molecular formula is C17H29N3O. The molecule has 0 aliphatic rings. The zero-order valence-corrected chi connectivity index (χ0v) is 13.8. The molecule has 1 amide bonds. The summed E-state index contributed by atoms with van der Waals surface area (Å²) in [5.41, 5.74) is 8.28. The smallest absolute Gasteiger partial charge is 0.225 e. The van der Waals surface area contributed by atoms with E-state index in [-0.39, 0.29) is 5.91 Å². The molecule has 1 unspecified atom stereocenters. The highest BCUT2D eigenvalue weighted by molar-refractivity contribution is 5.91. The Morgan fingerprint density at radius 3 is 2.67 bits per heavy atom. The molecule has 0 aromatic heterocycles. The number of nitrogens with one attached hydrogen (secondary N) is 1. The molecule has 0 bridgehead atoms. The van der Waals surface area contributed by atoms with E-state index in [4.69, 9.17) is 5.73 Å². The van der Waals surface area contributed by atoms with Crippen molar-refractivity contribution in [3.63, 3.8) is 0 Å². The quantitative estimate of drug-likeness (QED) is 0.723. The highest BCUT2D eigenvalue weighted by Crippen LogP contribution is 2.17. The Labute approximate surface area is 128 Å². The average Bonchev–Trinajstić information content (AvgIpc) is 2.46. The number of carbonyl (C=O) groups is 1. The van der Waals surface area contributed by atoms with Crippen LogP contribution in [0.3, 0.4) is 0 Å². The fourth-order valence-corrected chi connectivity index (χ4v) is 2.25. The molecule has 118 valence electrons. The van der Waals surface area contributed by atoms with Crippen molar-refractivity contribution in [3.05, 3.63) is 23.8 Å². The summed E-state index contributed by atoms with van der Waals surface area (Å²) in [5.74, 6) is 0.734. The first-order chi connectivity index (χ1) is 9.96. The van der Waals surface area contributed by atoms with Gasteiger partial charge in [-0.05, 0) is 43.1 Å². The molecule has 0 aliphatic carbocycles. The van der Waals surface area contributed by atoms with E-state index in [0.717, 1.165) is 36.6 Å². The summed E-state index contributed by atoms with van der Waals surface area (Å²) in [7, 11) is 0. The van der Waals surface area contributed by atoms with E-state index in [1.807, 2.05) is 25.1 Å². The summed E-state index contributed by atoms with van der Waals surface area (Å²) >= 11 is 0. The zero-order valence-electron chi connectivity index (χ0n) is 13.8. The van der Waals surface area contributed by atoms with Crippen molar-refractivity contribution in [2.24, 2.45) is 5.92 Å². The van der Waals surface area contributed by atoms with Crippen LogP contribution in [-0.2, 0) is 4.79 Å². The van der Waals surface area contributed by atoms with Crippen LogP contribution in [0.25, 0.3) is 0 Å². The molecule has 4 nitrogen and oxygen atoms in total. The van der Waals surface area contributed by atoms with Crippen molar-refractivity contribution in [3.8, 4) is 0 Å². The first kappa shape index (κ1) is 17.5. The Kier molecular flexibility index (Phi) is 7.23. The predicted octanol–water partition coefficient (Wildman–Crippen LogP) is 3.27. The Balaban J connectivity index is 2.46. The number of benzene rings is 1. The molecule has 1 aromatic carbocycles. The number of anilines is 2. The number of amides is 1. The molecule has 0 aliphatic heterocycles. The monoisotopic (exact) mass is 291 g/mol. The maximum atomic E-state index is 12.1. The van der Waals surface area contributed by atoms with Crippen LogP contribution in [0, 0.1) is 12.8 Å². The number of nitrogen functional groups attached to an aromatic ring is 1. The van der Waals surface area contributed by atoms with Crippen molar-refractivity contribution in [2.75, 3.05) is 30.7 Å². The van der Waals surface area contributed by atoms with Crippen molar-refractivity contribution < 1.29 is 4.79 Å². The van der Waals surface area contributed by atoms with Gasteiger partial charge in [0.25, 0.3) is 0 Å². The van der Waals surface area contributed by atoms with E-state index in [9.17, 15) is 4.79 Å². The van der Waals surface area contributed by atoms with E-state index in [1.165, 1.54) is 6.42 Å². The average molecular weight is 291 g/mol. The number of aryl methyl sites for hydroxylation is 1. The van der Waals surface area contributed by atoms with Gasteiger partial charge in [-0.2, -0.15) is 0 Å².